The predicted molar refractivity (Wildman–Crippen MR) is 63.7 cm³/mol. The Morgan fingerprint density at radius 2 is 2.16 bits per heavy atom. The highest BCUT2D eigenvalue weighted by atomic mass is 19.4. The minimum atomic E-state index is -4.49. The molecule has 2 heterocycles. The van der Waals surface area contributed by atoms with Gasteiger partial charge in [0.25, 0.3) is 0 Å². The van der Waals surface area contributed by atoms with Crippen molar-refractivity contribution in [2.45, 2.75) is 24.7 Å². The van der Waals surface area contributed by atoms with Crippen molar-refractivity contribution in [3.63, 3.8) is 0 Å². The smallest absolute Gasteiger partial charge is 0.366 e. The molecule has 1 aromatic carbocycles. The van der Waals surface area contributed by atoms with E-state index in [4.69, 9.17) is 5.26 Å². The van der Waals surface area contributed by atoms with E-state index in [-0.39, 0.29) is 11.6 Å². The summed E-state index contributed by atoms with van der Waals surface area (Å²) in [5, 5.41) is 12.1. The van der Waals surface area contributed by atoms with Gasteiger partial charge in [0.1, 0.15) is 0 Å². The number of piperazine rings is 1. The van der Waals surface area contributed by atoms with E-state index in [0.717, 1.165) is 25.6 Å². The Kier molecular flexibility index (Phi) is 2.68. The third-order valence-corrected chi connectivity index (χ3v) is 3.82. The van der Waals surface area contributed by atoms with Crippen LogP contribution in [0.3, 0.4) is 0 Å². The maximum atomic E-state index is 12.9. The Morgan fingerprint density at radius 1 is 1.37 bits per heavy atom. The molecule has 19 heavy (non-hydrogen) atoms. The van der Waals surface area contributed by atoms with Gasteiger partial charge in [-0.05, 0) is 24.6 Å². The minimum absolute atomic E-state index is 0.263. The molecule has 1 aromatic rings. The van der Waals surface area contributed by atoms with Gasteiger partial charge in [-0.15, -0.1) is 0 Å². The van der Waals surface area contributed by atoms with Crippen LogP contribution < -0.4 is 10.2 Å². The van der Waals surface area contributed by atoms with Crippen LogP contribution >= 0.6 is 0 Å². The number of nitrogens with zero attached hydrogens (tertiary/aromatic N) is 2. The molecule has 0 spiro atoms. The molecule has 2 aliphatic heterocycles. The Labute approximate surface area is 108 Å². The number of benzene rings is 1. The number of rotatable bonds is 1. The van der Waals surface area contributed by atoms with Gasteiger partial charge in [0.2, 0.25) is 0 Å². The van der Waals surface area contributed by atoms with E-state index in [1.807, 2.05) is 4.90 Å². The van der Waals surface area contributed by atoms with Crippen molar-refractivity contribution < 1.29 is 13.2 Å². The molecular formula is C13H12F3N3. The fourth-order valence-electron chi connectivity index (χ4n) is 2.92. The van der Waals surface area contributed by atoms with E-state index in [2.05, 4.69) is 5.32 Å². The SMILES string of the molecule is N#Cc1ccc(N2C[C@@H]3C[C@H]2CN3)cc1C(F)(F)F. The first-order valence-electron chi connectivity index (χ1n) is 6.10. The molecule has 100 valence electrons. The van der Waals surface area contributed by atoms with Crippen molar-refractivity contribution in [2.24, 2.45) is 0 Å². The van der Waals surface area contributed by atoms with Gasteiger partial charge >= 0.3 is 6.18 Å². The third-order valence-electron chi connectivity index (χ3n) is 3.82. The Balaban J connectivity index is 1.98. The summed E-state index contributed by atoms with van der Waals surface area (Å²) >= 11 is 0. The number of fused-ring (bicyclic) bond motifs is 2. The van der Waals surface area contributed by atoms with E-state index in [0.29, 0.717) is 11.7 Å². The van der Waals surface area contributed by atoms with Crippen LogP contribution in [-0.2, 0) is 6.18 Å². The van der Waals surface area contributed by atoms with E-state index >= 15 is 0 Å². The third kappa shape index (κ3) is 2.04. The average Bonchev–Trinajstić information content (AvgIpc) is 2.99. The van der Waals surface area contributed by atoms with Crippen molar-refractivity contribution in [3.05, 3.63) is 29.3 Å². The van der Waals surface area contributed by atoms with Crippen molar-refractivity contribution >= 4 is 5.69 Å². The van der Waals surface area contributed by atoms with Crippen LogP contribution in [-0.4, -0.2) is 25.2 Å². The van der Waals surface area contributed by atoms with Crippen LogP contribution in [0, 0.1) is 11.3 Å². The van der Waals surface area contributed by atoms with E-state index in [9.17, 15) is 13.2 Å². The molecule has 0 amide bonds. The quantitative estimate of drug-likeness (QED) is 0.847. The molecule has 3 rings (SSSR count). The number of anilines is 1. The lowest BCUT2D eigenvalue weighted by Gasteiger charge is -2.30. The maximum Gasteiger partial charge on any atom is 0.417 e. The lowest BCUT2D eigenvalue weighted by atomic mass is 10.1. The molecule has 2 atom stereocenters. The number of hydrogen-bond acceptors (Lipinski definition) is 3. The summed E-state index contributed by atoms with van der Waals surface area (Å²) in [5.41, 5.74) is -0.609. The largest absolute Gasteiger partial charge is 0.417 e. The van der Waals surface area contributed by atoms with Crippen LogP contribution in [0.25, 0.3) is 0 Å². The summed E-state index contributed by atoms with van der Waals surface area (Å²) in [4.78, 5) is 2.00. The molecule has 0 radical (unpaired) electrons. The number of nitriles is 1. The van der Waals surface area contributed by atoms with Gasteiger partial charge in [0.15, 0.2) is 0 Å². The monoisotopic (exact) mass is 267 g/mol. The maximum absolute atomic E-state index is 12.9. The summed E-state index contributed by atoms with van der Waals surface area (Å²) in [6.45, 7) is 1.54. The number of alkyl halides is 3. The second-order valence-electron chi connectivity index (χ2n) is 4.99. The van der Waals surface area contributed by atoms with Gasteiger partial charge < -0.3 is 10.2 Å². The first-order valence-corrected chi connectivity index (χ1v) is 6.10. The normalized spacial score (nSPS) is 25.7. The molecule has 1 N–H and O–H groups in total. The molecule has 2 fully saturated rings. The molecule has 2 bridgehead atoms. The fourth-order valence-corrected chi connectivity index (χ4v) is 2.92. The van der Waals surface area contributed by atoms with Crippen molar-refractivity contribution in [1.82, 2.24) is 5.32 Å². The van der Waals surface area contributed by atoms with Gasteiger partial charge in [0.05, 0.1) is 17.2 Å². The fraction of sp³-hybridized carbons (Fsp3) is 0.462. The first kappa shape index (κ1) is 12.3. The van der Waals surface area contributed by atoms with Gasteiger partial charge in [-0.1, -0.05) is 0 Å². The lowest BCUT2D eigenvalue weighted by molar-refractivity contribution is -0.137. The first-order chi connectivity index (χ1) is 8.99. The summed E-state index contributed by atoms with van der Waals surface area (Å²) in [6, 6.07) is 6.20. The van der Waals surface area contributed by atoms with Gasteiger partial charge in [-0.3, -0.25) is 0 Å². The van der Waals surface area contributed by atoms with Crippen LogP contribution in [0.2, 0.25) is 0 Å². The Morgan fingerprint density at radius 3 is 2.68 bits per heavy atom. The van der Waals surface area contributed by atoms with Crippen molar-refractivity contribution in [1.29, 1.82) is 5.26 Å². The van der Waals surface area contributed by atoms with Crippen LogP contribution in [0.1, 0.15) is 17.5 Å². The van der Waals surface area contributed by atoms with Gasteiger partial charge in [-0.2, -0.15) is 18.4 Å². The molecule has 2 aliphatic rings. The second kappa shape index (κ2) is 4.14. The predicted octanol–water partition coefficient (Wildman–Crippen LogP) is 2.13. The standard InChI is InChI=1S/C13H12F3N3/c14-13(15,16)12-4-10(2-1-8(12)5-17)19-7-9-3-11(19)6-18-9/h1-2,4,9,11,18H,3,6-7H2/t9-,11-/m0/s1. The highest BCUT2D eigenvalue weighted by Gasteiger charge is 2.39. The minimum Gasteiger partial charge on any atom is -0.366 e. The van der Waals surface area contributed by atoms with Gasteiger partial charge in [0, 0.05) is 30.9 Å². The molecule has 0 saturated carbocycles. The molecule has 0 aromatic heterocycles. The number of hydrogen-bond donors (Lipinski definition) is 1. The zero-order valence-corrected chi connectivity index (χ0v) is 10.0. The topological polar surface area (TPSA) is 39.1 Å². The Hall–Kier alpha value is -1.74. The van der Waals surface area contributed by atoms with Crippen LogP contribution in [0.4, 0.5) is 18.9 Å². The molecular weight excluding hydrogens is 255 g/mol. The van der Waals surface area contributed by atoms with Gasteiger partial charge in [-0.25, -0.2) is 0 Å². The summed E-state index contributed by atoms with van der Waals surface area (Å²) in [5.74, 6) is 0. The summed E-state index contributed by atoms with van der Waals surface area (Å²) in [7, 11) is 0. The zero-order valence-electron chi connectivity index (χ0n) is 10.0. The van der Waals surface area contributed by atoms with Crippen molar-refractivity contribution in [2.75, 3.05) is 18.0 Å². The Bertz CT molecular complexity index is 547. The molecule has 2 saturated heterocycles. The van der Waals surface area contributed by atoms with E-state index < -0.39 is 11.7 Å². The average molecular weight is 267 g/mol. The number of nitrogens with one attached hydrogen (secondary N) is 1. The molecule has 3 nitrogen and oxygen atoms in total. The molecule has 6 heteroatoms. The lowest BCUT2D eigenvalue weighted by Crippen LogP contribution is -2.43. The van der Waals surface area contributed by atoms with Crippen LogP contribution in [0.15, 0.2) is 18.2 Å². The molecule has 0 aliphatic carbocycles. The van der Waals surface area contributed by atoms with E-state index in [1.54, 1.807) is 12.1 Å². The molecule has 0 unspecified atom stereocenters. The summed E-state index contributed by atoms with van der Waals surface area (Å²) < 4.78 is 38.7. The zero-order chi connectivity index (χ0) is 13.6. The van der Waals surface area contributed by atoms with Crippen LogP contribution in [0.5, 0.6) is 0 Å². The highest BCUT2D eigenvalue weighted by Crippen LogP contribution is 2.36. The van der Waals surface area contributed by atoms with Crippen molar-refractivity contribution in [3.8, 4) is 6.07 Å². The number of halogens is 3. The van der Waals surface area contributed by atoms with E-state index in [1.165, 1.54) is 6.07 Å². The second-order valence-corrected chi connectivity index (χ2v) is 4.99. The highest BCUT2D eigenvalue weighted by molar-refractivity contribution is 5.56. The summed E-state index contributed by atoms with van der Waals surface area (Å²) in [6.07, 6.45) is -3.51.